The Hall–Kier alpha value is -1.05. The molecule has 4 aliphatic heterocycles. The molecule has 3 saturated heterocycles. The van der Waals surface area contributed by atoms with Gasteiger partial charge in [-0.2, -0.15) is 0 Å². The molecule has 5 aliphatic rings. The summed E-state index contributed by atoms with van der Waals surface area (Å²) in [6, 6.07) is 0. The van der Waals surface area contributed by atoms with Gasteiger partial charge < -0.3 is 51.2 Å². The Kier molecular flexibility index (Phi) is 2.57. The molecule has 4 heterocycles. The van der Waals surface area contributed by atoms with Crippen LogP contribution in [0, 0.1) is 5.92 Å². The van der Waals surface area contributed by atoms with Crippen LogP contribution in [-0.4, -0.2) is 91.0 Å². The number of nitrogens with one attached hydrogen (secondary N) is 1. The van der Waals surface area contributed by atoms with E-state index in [1.807, 2.05) is 0 Å². The Morgan fingerprint density at radius 1 is 1.18 bits per heavy atom. The summed E-state index contributed by atoms with van der Waals surface area (Å²) in [5.41, 5.74) is 1.74. The first-order valence-corrected chi connectivity index (χ1v) is 6.77. The highest BCUT2D eigenvalue weighted by molar-refractivity contribution is 5.80. The van der Waals surface area contributed by atoms with Gasteiger partial charge in [-0.15, -0.1) is 0 Å². The van der Waals surface area contributed by atoms with Crippen LogP contribution in [0.3, 0.4) is 0 Å². The summed E-state index contributed by atoms with van der Waals surface area (Å²) in [6.45, 7) is -0.857. The zero-order valence-corrected chi connectivity index (χ0v) is 11.2. The summed E-state index contributed by atoms with van der Waals surface area (Å²) in [4.78, 5) is 3.70. The van der Waals surface area contributed by atoms with Crippen molar-refractivity contribution >= 4 is 5.96 Å². The molecule has 5 rings (SSSR count). The topological polar surface area (TPSA) is 190 Å². The lowest BCUT2D eigenvalue weighted by atomic mass is 9.55. The highest BCUT2D eigenvalue weighted by Gasteiger charge is 2.82. The molecule has 0 radical (unpaired) electrons. The third-order valence-electron chi connectivity index (χ3n) is 5.22. The summed E-state index contributed by atoms with van der Waals surface area (Å²) in [7, 11) is 0. The van der Waals surface area contributed by atoms with Crippen molar-refractivity contribution in [2.45, 2.75) is 47.8 Å². The molecule has 1 spiro atoms. The second kappa shape index (κ2) is 3.88. The Morgan fingerprint density at radius 2 is 1.82 bits per heavy atom. The molecule has 9 N–H and O–H groups in total. The van der Waals surface area contributed by atoms with Crippen LogP contribution < -0.4 is 11.1 Å². The van der Waals surface area contributed by atoms with Crippen LogP contribution in [0.5, 0.6) is 0 Å². The number of guanidine groups is 1. The molecule has 11 heteroatoms. The summed E-state index contributed by atoms with van der Waals surface area (Å²) in [5, 5.41) is 64.3. The minimum absolute atomic E-state index is 0.250. The SMILES string of the molecule is NC1=N[C@H](O)C2C3OC4(O)OC([C@H](O)C2(N1)[C@@H]4O)[C@]3(O)CO. The predicted octanol–water partition coefficient (Wildman–Crippen LogP) is -5.52. The van der Waals surface area contributed by atoms with Crippen LogP contribution in [0.25, 0.3) is 0 Å². The quantitative estimate of drug-likeness (QED) is 0.231. The van der Waals surface area contributed by atoms with E-state index in [4.69, 9.17) is 15.2 Å². The van der Waals surface area contributed by atoms with Gasteiger partial charge in [0.2, 0.25) is 0 Å². The molecular weight excluding hydrogens is 302 g/mol. The Balaban J connectivity index is 1.95. The molecule has 0 aromatic rings. The van der Waals surface area contributed by atoms with Crippen molar-refractivity contribution in [3.05, 3.63) is 0 Å². The molecule has 4 bridgehead atoms. The third kappa shape index (κ3) is 1.28. The smallest absolute Gasteiger partial charge is 0.311 e. The normalized spacial score (nSPS) is 62.4. The van der Waals surface area contributed by atoms with Crippen molar-refractivity contribution < 1.29 is 40.1 Å². The second-order valence-electron chi connectivity index (χ2n) is 6.22. The number of aliphatic imine (C=N–C) groups is 1. The average Bonchev–Trinajstić information content (AvgIpc) is 2.45. The minimum Gasteiger partial charge on any atom is -0.393 e. The molecule has 0 aromatic carbocycles. The van der Waals surface area contributed by atoms with Gasteiger partial charge in [0.05, 0.1) is 12.5 Å². The fraction of sp³-hybridized carbons (Fsp3) is 0.909. The summed E-state index contributed by atoms with van der Waals surface area (Å²) in [5.74, 6) is -3.95. The molecule has 1 saturated carbocycles. The van der Waals surface area contributed by atoms with E-state index in [0.29, 0.717) is 0 Å². The van der Waals surface area contributed by atoms with Gasteiger partial charge in [-0.05, 0) is 0 Å². The van der Waals surface area contributed by atoms with Gasteiger partial charge in [-0.3, -0.25) is 0 Å². The van der Waals surface area contributed by atoms with Crippen molar-refractivity contribution in [3.63, 3.8) is 0 Å². The van der Waals surface area contributed by atoms with Crippen LogP contribution >= 0.6 is 0 Å². The average molecular weight is 319 g/mol. The number of nitrogens with zero attached hydrogens (tertiary/aromatic N) is 1. The Morgan fingerprint density at radius 3 is 2.45 bits per heavy atom. The zero-order valence-electron chi connectivity index (χ0n) is 11.2. The van der Waals surface area contributed by atoms with E-state index in [-0.39, 0.29) is 5.96 Å². The summed E-state index contributed by atoms with van der Waals surface area (Å²) < 4.78 is 10.3. The van der Waals surface area contributed by atoms with Gasteiger partial charge in [0, 0.05) is 0 Å². The van der Waals surface area contributed by atoms with Gasteiger partial charge in [0.1, 0.15) is 29.5 Å². The fourth-order valence-electron chi connectivity index (χ4n) is 4.24. The fourth-order valence-corrected chi connectivity index (χ4v) is 4.24. The van der Waals surface area contributed by atoms with Crippen LogP contribution in [0.4, 0.5) is 0 Å². The maximum atomic E-state index is 10.6. The molecule has 11 nitrogen and oxygen atoms in total. The monoisotopic (exact) mass is 319 g/mol. The third-order valence-corrected chi connectivity index (χ3v) is 5.22. The van der Waals surface area contributed by atoms with E-state index < -0.39 is 60.3 Å². The first-order valence-electron chi connectivity index (χ1n) is 6.77. The van der Waals surface area contributed by atoms with Gasteiger partial charge in [0.25, 0.3) is 0 Å². The molecule has 124 valence electrons. The highest BCUT2D eigenvalue weighted by atomic mass is 16.9. The number of aliphatic hydroxyl groups excluding tert-OH is 4. The molecule has 0 aromatic heterocycles. The number of rotatable bonds is 1. The van der Waals surface area contributed by atoms with Crippen molar-refractivity contribution in [1.82, 2.24) is 5.32 Å². The zero-order chi connectivity index (χ0) is 16.1. The van der Waals surface area contributed by atoms with Crippen molar-refractivity contribution in [2.75, 3.05) is 6.61 Å². The molecule has 1 aliphatic carbocycles. The van der Waals surface area contributed by atoms with E-state index in [0.717, 1.165) is 0 Å². The number of hydrogen-bond acceptors (Lipinski definition) is 11. The van der Waals surface area contributed by atoms with Gasteiger partial charge >= 0.3 is 5.97 Å². The molecule has 22 heavy (non-hydrogen) atoms. The lowest BCUT2D eigenvalue weighted by molar-refractivity contribution is -0.548. The number of nitrogens with two attached hydrogens (primary N) is 1. The van der Waals surface area contributed by atoms with Gasteiger partial charge in [0.15, 0.2) is 18.3 Å². The second-order valence-corrected chi connectivity index (χ2v) is 6.22. The molecule has 5 unspecified atom stereocenters. The number of aliphatic hydroxyl groups is 6. The Bertz CT molecular complexity index is 561. The maximum Gasteiger partial charge on any atom is 0.311 e. The van der Waals surface area contributed by atoms with Crippen molar-refractivity contribution in [2.24, 2.45) is 16.6 Å². The maximum absolute atomic E-state index is 10.6. The highest BCUT2D eigenvalue weighted by Crippen LogP contribution is 2.58. The lowest BCUT2D eigenvalue weighted by Crippen LogP contribution is -2.95. The lowest BCUT2D eigenvalue weighted by Gasteiger charge is -2.71. The Labute approximate surface area is 123 Å². The largest absolute Gasteiger partial charge is 0.393 e. The summed E-state index contributed by atoms with van der Waals surface area (Å²) in [6.07, 6.45) is -7.77. The van der Waals surface area contributed by atoms with E-state index in [9.17, 15) is 30.6 Å². The number of ether oxygens (including phenoxy) is 2. The van der Waals surface area contributed by atoms with E-state index in [2.05, 4.69) is 10.3 Å². The number of hydrogen-bond donors (Lipinski definition) is 8. The molecule has 9 atom stereocenters. The minimum atomic E-state index is -2.52. The van der Waals surface area contributed by atoms with Crippen LogP contribution in [0.2, 0.25) is 0 Å². The van der Waals surface area contributed by atoms with Crippen LogP contribution in [0.1, 0.15) is 0 Å². The van der Waals surface area contributed by atoms with E-state index in [1.54, 1.807) is 0 Å². The molecular formula is C11H17N3O8. The van der Waals surface area contributed by atoms with E-state index >= 15 is 0 Å². The standard InChI is InChI=1S/C11H17N3O8/c12-8-13-6(17)2-4-9(19,1-15)5-3(16)10(2,14-8)7(18)11(20,21-4)22-5/h2-7,15-20H,1H2,(H3,12,13,14)/t2?,3-,4?,5?,6+,7-,9-,10?,11?/m0/s1. The first-order chi connectivity index (χ1) is 10.2. The van der Waals surface area contributed by atoms with Crippen LogP contribution in [-0.2, 0) is 9.47 Å². The summed E-state index contributed by atoms with van der Waals surface area (Å²) >= 11 is 0. The van der Waals surface area contributed by atoms with Gasteiger partial charge in [-0.25, -0.2) is 4.99 Å². The van der Waals surface area contributed by atoms with E-state index in [1.165, 1.54) is 0 Å². The van der Waals surface area contributed by atoms with Crippen molar-refractivity contribution in [1.29, 1.82) is 0 Å². The predicted molar refractivity (Wildman–Crippen MR) is 65.7 cm³/mol. The molecule has 4 fully saturated rings. The first kappa shape index (κ1) is 14.5. The van der Waals surface area contributed by atoms with Crippen molar-refractivity contribution in [3.8, 4) is 0 Å². The molecule has 0 amide bonds. The van der Waals surface area contributed by atoms with Gasteiger partial charge in [-0.1, -0.05) is 0 Å². The van der Waals surface area contributed by atoms with Crippen LogP contribution in [0.15, 0.2) is 4.99 Å².